The number of hydrogen-bond donors (Lipinski definition) is 1. The first kappa shape index (κ1) is 16.1. The number of hydrogen-bond acceptors (Lipinski definition) is 3. The molecule has 0 aliphatic rings. The van der Waals surface area contributed by atoms with Crippen LogP contribution in [0.3, 0.4) is 0 Å². The first-order valence-corrected chi connectivity index (χ1v) is 8.08. The van der Waals surface area contributed by atoms with Crippen molar-refractivity contribution in [2.45, 2.75) is 50.6 Å². The first-order valence-electron chi connectivity index (χ1n) is 6.64. The zero-order valence-electron chi connectivity index (χ0n) is 12.1. The summed E-state index contributed by atoms with van der Waals surface area (Å²) < 4.78 is 26.5. The number of nitrogens with two attached hydrogens (primary N) is 1. The second-order valence-corrected chi connectivity index (χ2v) is 7.02. The highest BCUT2D eigenvalue weighted by Gasteiger charge is 2.25. The molecular formula is C14H24N2O2S. The maximum atomic E-state index is 12.5. The van der Waals surface area contributed by atoms with Crippen molar-refractivity contribution in [1.82, 2.24) is 4.31 Å². The maximum absolute atomic E-state index is 12.5. The van der Waals surface area contributed by atoms with E-state index in [0.29, 0.717) is 4.90 Å². The van der Waals surface area contributed by atoms with Gasteiger partial charge in [-0.15, -0.1) is 0 Å². The number of sulfonamides is 1. The van der Waals surface area contributed by atoms with Crippen LogP contribution >= 0.6 is 0 Å². The molecule has 0 spiro atoms. The molecule has 0 aliphatic heterocycles. The Morgan fingerprint density at radius 3 is 2.47 bits per heavy atom. The van der Waals surface area contributed by atoms with Crippen LogP contribution < -0.4 is 5.73 Å². The van der Waals surface area contributed by atoms with Crippen LogP contribution in [-0.2, 0) is 10.0 Å². The van der Waals surface area contributed by atoms with E-state index >= 15 is 0 Å². The fourth-order valence-electron chi connectivity index (χ4n) is 1.96. The summed E-state index contributed by atoms with van der Waals surface area (Å²) in [6.45, 7) is 5.82. The lowest BCUT2D eigenvalue weighted by Gasteiger charge is -2.24. The van der Waals surface area contributed by atoms with E-state index in [-0.39, 0.29) is 12.1 Å². The van der Waals surface area contributed by atoms with Crippen LogP contribution in [0.1, 0.15) is 45.2 Å². The summed E-state index contributed by atoms with van der Waals surface area (Å²) in [6.07, 6.45) is 1.81. The first-order chi connectivity index (χ1) is 8.80. The second-order valence-electron chi connectivity index (χ2n) is 5.02. The minimum Gasteiger partial charge on any atom is -0.324 e. The summed E-state index contributed by atoms with van der Waals surface area (Å²) in [5.74, 6) is 0. The molecule has 0 saturated heterocycles. The Kier molecular flexibility index (Phi) is 5.52. The van der Waals surface area contributed by atoms with Crippen LogP contribution in [0.2, 0.25) is 0 Å². The van der Waals surface area contributed by atoms with Crippen LogP contribution in [-0.4, -0.2) is 25.8 Å². The molecule has 0 amide bonds. The van der Waals surface area contributed by atoms with E-state index < -0.39 is 10.0 Å². The minimum absolute atomic E-state index is 0.00560. The van der Waals surface area contributed by atoms with Gasteiger partial charge in [0.05, 0.1) is 4.90 Å². The van der Waals surface area contributed by atoms with Gasteiger partial charge in [-0.3, -0.25) is 0 Å². The van der Waals surface area contributed by atoms with E-state index in [1.54, 1.807) is 25.2 Å². The Labute approximate surface area is 116 Å². The Morgan fingerprint density at radius 1 is 1.32 bits per heavy atom. The predicted molar refractivity (Wildman–Crippen MR) is 78.4 cm³/mol. The Balaban J connectivity index is 3.09. The van der Waals surface area contributed by atoms with Gasteiger partial charge < -0.3 is 5.73 Å². The summed E-state index contributed by atoms with van der Waals surface area (Å²) in [5, 5.41) is 0. The maximum Gasteiger partial charge on any atom is 0.243 e. The molecule has 0 radical (unpaired) electrons. The van der Waals surface area contributed by atoms with E-state index in [1.165, 1.54) is 4.31 Å². The highest BCUT2D eigenvalue weighted by atomic mass is 32.2. The van der Waals surface area contributed by atoms with Crippen LogP contribution in [0.5, 0.6) is 0 Å². The van der Waals surface area contributed by atoms with Gasteiger partial charge in [0.25, 0.3) is 0 Å². The van der Waals surface area contributed by atoms with Crippen LogP contribution in [0.15, 0.2) is 29.2 Å². The Bertz CT molecular complexity index is 512. The molecule has 108 valence electrons. The van der Waals surface area contributed by atoms with Crippen molar-refractivity contribution in [2.24, 2.45) is 5.73 Å². The third-order valence-electron chi connectivity index (χ3n) is 3.39. The van der Waals surface area contributed by atoms with Gasteiger partial charge in [-0.05, 0) is 38.0 Å². The van der Waals surface area contributed by atoms with Gasteiger partial charge in [-0.25, -0.2) is 8.42 Å². The molecule has 2 atom stereocenters. The van der Waals surface area contributed by atoms with Crippen molar-refractivity contribution in [1.29, 1.82) is 0 Å². The molecular weight excluding hydrogens is 260 g/mol. The molecule has 4 nitrogen and oxygen atoms in total. The third kappa shape index (κ3) is 3.78. The van der Waals surface area contributed by atoms with Gasteiger partial charge in [-0.1, -0.05) is 25.5 Å². The predicted octanol–water partition coefficient (Wildman–Crippen LogP) is 2.52. The molecule has 5 heteroatoms. The van der Waals surface area contributed by atoms with Gasteiger partial charge in [0.1, 0.15) is 0 Å². The van der Waals surface area contributed by atoms with Crippen LogP contribution in [0.4, 0.5) is 0 Å². The summed E-state index contributed by atoms with van der Waals surface area (Å²) in [6, 6.07) is 6.69. The lowest BCUT2D eigenvalue weighted by atomic mass is 10.1. The number of benzene rings is 1. The zero-order chi connectivity index (χ0) is 14.6. The highest BCUT2D eigenvalue weighted by molar-refractivity contribution is 7.89. The smallest absolute Gasteiger partial charge is 0.243 e. The number of rotatable bonds is 6. The molecule has 2 unspecified atom stereocenters. The van der Waals surface area contributed by atoms with E-state index in [0.717, 1.165) is 18.4 Å². The van der Waals surface area contributed by atoms with Crippen LogP contribution in [0, 0.1) is 0 Å². The molecule has 1 rings (SSSR count). The van der Waals surface area contributed by atoms with Crippen molar-refractivity contribution in [3.63, 3.8) is 0 Å². The Morgan fingerprint density at radius 2 is 1.95 bits per heavy atom. The molecule has 0 aromatic heterocycles. The summed E-state index contributed by atoms with van der Waals surface area (Å²) in [5.41, 5.74) is 6.63. The quantitative estimate of drug-likeness (QED) is 0.873. The van der Waals surface area contributed by atoms with Crippen LogP contribution in [0.25, 0.3) is 0 Å². The van der Waals surface area contributed by atoms with Gasteiger partial charge in [-0.2, -0.15) is 4.31 Å². The largest absolute Gasteiger partial charge is 0.324 e. The minimum atomic E-state index is -3.44. The molecule has 19 heavy (non-hydrogen) atoms. The molecule has 1 aromatic rings. The SMILES string of the molecule is CCCC(C)N(C)S(=O)(=O)c1cccc(C(C)N)c1. The highest BCUT2D eigenvalue weighted by Crippen LogP contribution is 2.21. The van der Waals surface area contributed by atoms with Crippen molar-refractivity contribution in [2.75, 3.05) is 7.05 Å². The van der Waals surface area contributed by atoms with Crippen molar-refractivity contribution < 1.29 is 8.42 Å². The van der Waals surface area contributed by atoms with Crippen molar-refractivity contribution in [3.8, 4) is 0 Å². The average molecular weight is 284 g/mol. The van der Waals surface area contributed by atoms with E-state index in [1.807, 2.05) is 26.8 Å². The fraction of sp³-hybridized carbons (Fsp3) is 0.571. The normalized spacial score (nSPS) is 15.5. The molecule has 0 bridgehead atoms. The molecule has 0 fully saturated rings. The standard InChI is InChI=1S/C14H24N2O2S/c1-5-7-11(2)16(4)19(17,18)14-9-6-8-13(10-14)12(3)15/h6,8-12H,5,7,15H2,1-4H3. The molecule has 2 N–H and O–H groups in total. The van der Waals surface area contributed by atoms with Gasteiger partial charge in [0, 0.05) is 19.1 Å². The van der Waals surface area contributed by atoms with Gasteiger partial charge >= 0.3 is 0 Å². The summed E-state index contributed by atoms with van der Waals surface area (Å²) in [7, 11) is -1.81. The van der Waals surface area contributed by atoms with Gasteiger partial charge in [0.2, 0.25) is 10.0 Å². The number of nitrogens with zero attached hydrogens (tertiary/aromatic N) is 1. The van der Waals surface area contributed by atoms with E-state index in [9.17, 15) is 8.42 Å². The average Bonchev–Trinajstić information content (AvgIpc) is 2.38. The van der Waals surface area contributed by atoms with Crippen molar-refractivity contribution >= 4 is 10.0 Å². The second kappa shape index (κ2) is 6.50. The monoisotopic (exact) mass is 284 g/mol. The Hall–Kier alpha value is -0.910. The summed E-state index contributed by atoms with van der Waals surface area (Å²) >= 11 is 0. The lowest BCUT2D eigenvalue weighted by Crippen LogP contribution is -2.35. The molecule has 1 aromatic carbocycles. The lowest BCUT2D eigenvalue weighted by molar-refractivity contribution is 0.368. The van der Waals surface area contributed by atoms with Crippen molar-refractivity contribution in [3.05, 3.63) is 29.8 Å². The third-order valence-corrected chi connectivity index (χ3v) is 5.36. The summed E-state index contributed by atoms with van der Waals surface area (Å²) in [4.78, 5) is 0.313. The van der Waals surface area contributed by atoms with E-state index in [4.69, 9.17) is 5.73 Å². The molecule has 0 saturated carbocycles. The topological polar surface area (TPSA) is 63.4 Å². The molecule has 0 aliphatic carbocycles. The van der Waals surface area contributed by atoms with Gasteiger partial charge in [0.15, 0.2) is 0 Å². The molecule has 0 heterocycles. The fourth-order valence-corrected chi connectivity index (χ4v) is 3.41. The zero-order valence-corrected chi connectivity index (χ0v) is 12.9. The van der Waals surface area contributed by atoms with E-state index in [2.05, 4.69) is 0 Å².